The van der Waals surface area contributed by atoms with Crippen molar-refractivity contribution in [3.05, 3.63) is 216 Å². The Labute approximate surface area is 402 Å². The highest BCUT2D eigenvalue weighted by Crippen LogP contribution is 2.54. The highest BCUT2D eigenvalue weighted by atomic mass is 19.4. The molecule has 12 aromatic rings. The fourth-order valence-electron chi connectivity index (χ4n) is 10.9. The quantitative estimate of drug-likeness (QED) is 0.156. The molecular weight excluding hydrogens is 907 g/mol. The predicted molar refractivity (Wildman–Crippen MR) is 273 cm³/mol. The van der Waals surface area contributed by atoms with Crippen molar-refractivity contribution in [3.63, 3.8) is 0 Å². The number of fused-ring (bicyclic) bond motifs is 12. The number of benzene rings is 10. The fraction of sp³-hybridized carbons (Fsp3) is 0.0820. The minimum atomic E-state index is -4.50. The van der Waals surface area contributed by atoms with Crippen LogP contribution in [0.2, 0.25) is 0 Å². The Morgan fingerprint density at radius 2 is 0.845 bits per heavy atom. The maximum atomic E-state index is 13.9. The fourth-order valence-corrected chi connectivity index (χ4v) is 10.9. The first-order valence-electron chi connectivity index (χ1n) is 23.1. The zero-order chi connectivity index (χ0) is 48.6. The Bertz CT molecular complexity index is 4130. The molecule has 0 aliphatic heterocycles. The maximum Gasteiger partial charge on any atom is 0.416 e. The molecule has 346 valence electrons. The summed E-state index contributed by atoms with van der Waals surface area (Å²) in [5, 5.41) is 7.60. The highest BCUT2D eigenvalue weighted by Gasteiger charge is 2.38. The van der Waals surface area contributed by atoms with E-state index in [1.165, 1.54) is 24.3 Å². The summed E-state index contributed by atoms with van der Waals surface area (Å²) in [5.41, 5.74) is 9.10. The molecule has 10 heteroatoms. The van der Waals surface area contributed by atoms with Gasteiger partial charge in [0.25, 0.3) is 0 Å². The largest absolute Gasteiger partial charge is 0.454 e. The van der Waals surface area contributed by atoms with Crippen molar-refractivity contribution in [3.8, 4) is 11.1 Å². The number of alkyl halides is 6. The lowest BCUT2D eigenvalue weighted by atomic mass is 9.79. The molecule has 10 aromatic carbocycles. The van der Waals surface area contributed by atoms with Gasteiger partial charge in [-0.15, -0.1) is 0 Å². The lowest BCUT2D eigenvalue weighted by Crippen LogP contribution is -2.16. The minimum absolute atomic E-state index is 0.476. The maximum absolute atomic E-state index is 13.9. The summed E-state index contributed by atoms with van der Waals surface area (Å²) in [4.78, 5) is 3.90. The van der Waals surface area contributed by atoms with Crippen molar-refractivity contribution in [2.75, 3.05) is 9.80 Å². The molecular formula is C61H38F6N2O2. The van der Waals surface area contributed by atoms with Crippen LogP contribution < -0.4 is 9.80 Å². The van der Waals surface area contributed by atoms with Crippen LogP contribution in [0, 0.1) is 0 Å². The zero-order valence-corrected chi connectivity index (χ0v) is 38.0. The molecule has 71 heavy (non-hydrogen) atoms. The summed E-state index contributed by atoms with van der Waals surface area (Å²) in [6, 6.07) is 58.6. The number of para-hydroxylation sites is 4. The Morgan fingerprint density at radius 1 is 0.380 bits per heavy atom. The molecule has 0 N–H and O–H groups in total. The van der Waals surface area contributed by atoms with Crippen molar-refractivity contribution in [1.82, 2.24) is 0 Å². The number of halogens is 6. The Morgan fingerprint density at radius 3 is 1.38 bits per heavy atom. The lowest BCUT2D eigenvalue weighted by Gasteiger charge is -2.27. The van der Waals surface area contributed by atoms with E-state index in [-0.39, 0.29) is 0 Å². The smallest absolute Gasteiger partial charge is 0.416 e. The normalized spacial score (nSPS) is 13.5. The molecule has 2 aromatic heterocycles. The van der Waals surface area contributed by atoms with Gasteiger partial charge in [-0.1, -0.05) is 98.8 Å². The van der Waals surface area contributed by atoms with Crippen molar-refractivity contribution in [1.29, 1.82) is 0 Å². The van der Waals surface area contributed by atoms with E-state index in [4.69, 9.17) is 8.83 Å². The second-order valence-electron chi connectivity index (χ2n) is 18.7. The molecule has 0 amide bonds. The standard InChI is InChI=1S/C61H38F6N2O2/c1-59(2)51-34-37-32-42(68(40-24-19-38(20-25-40)60(62,63)64)52-13-7-11-48-45-9-3-5-15-54(45)70-57(48)52)23-17-35(37)33-50(51)47-29-18-36-31-43(28-30-44(36)56(47)59)69(41-26-21-39(22-27-41)61(65,66)67)53-14-8-12-49-46-10-4-6-16-55(46)71-58(49)53/h3-34H,1-2H3. The molecule has 0 saturated heterocycles. The number of anilines is 6. The highest BCUT2D eigenvalue weighted by molar-refractivity contribution is 6.12. The Kier molecular flexibility index (Phi) is 9.15. The van der Waals surface area contributed by atoms with Crippen molar-refractivity contribution < 1.29 is 35.2 Å². The molecule has 1 aliphatic rings. The van der Waals surface area contributed by atoms with E-state index >= 15 is 0 Å². The third-order valence-corrected chi connectivity index (χ3v) is 14.2. The van der Waals surface area contributed by atoms with Gasteiger partial charge in [0.15, 0.2) is 11.2 Å². The number of furan rings is 2. The van der Waals surface area contributed by atoms with E-state index in [1.807, 2.05) is 107 Å². The van der Waals surface area contributed by atoms with Gasteiger partial charge in [-0.2, -0.15) is 26.3 Å². The molecule has 2 heterocycles. The molecule has 1 aliphatic carbocycles. The van der Waals surface area contributed by atoms with Gasteiger partial charge in [0.1, 0.15) is 11.2 Å². The molecule has 4 nitrogen and oxygen atoms in total. The van der Waals surface area contributed by atoms with Crippen LogP contribution in [-0.2, 0) is 17.8 Å². The van der Waals surface area contributed by atoms with Gasteiger partial charge in [0.2, 0.25) is 0 Å². The van der Waals surface area contributed by atoms with Crippen LogP contribution in [0.5, 0.6) is 0 Å². The van der Waals surface area contributed by atoms with Crippen LogP contribution in [0.3, 0.4) is 0 Å². The van der Waals surface area contributed by atoms with Gasteiger partial charge in [0, 0.05) is 49.7 Å². The minimum Gasteiger partial charge on any atom is -0.454 e. The van der Waals surface area contributed by atoms with Crippen LogP contribution >= 0.6 is 0 Å². The second-order valence-corrected chi connectivity index (χ2v) is 18.7. The van der Waals surface area contributed by atoms with E-state index in [2.05, 4.69) is 62.4 Å². The Balaban J connectivity index is 0.931. The Hall–Kier alpha value is -8.50. The van der Waals surface area contributed by atoms with Gasteiger partial charge < -0.3 is 18.6 Å². The van der Waals surface area contributed by atoms with E-state index in [1.54, 1.807) is 0 Å². The van der Waals surface area contributed by atoms with Gasteiger partial charge in [-0.3, -0.25) is 0 Å². The van der Waals surface area contributed by atoms with Crippen molar-refractivity contribution >= 4 is 99.5 Å². The third kappa shape index (κ3) is 6.68. The van der Waals surface area contributed by atoms with Crippen molar-refractivity contribution in [2.45, 2.75) is 31.6 Å². The zero-order valence-electron chi connectivity index (χ0n) is 38.0. The van der Waals surface area contributed by atoms with Crippen molar-refractivity contribution in [2.24, 2.45) is 0 Å². The van der Waals surface area contributed by atoms with Crippen LogP contribution in [0.1, 0.15) is 36.1 Å². The summed E-state index contributed by atoms with van der Waals surface area (Å²) < 4.78 is 96.1. The summed E-state index contributed by atoms with van der Waals surface area (Å²) in [6.45, 7) is 4.43. The molecule has 13 rings (SSSR count). The van der Waals surface area contributed by atoms with Crippen LogP contribution in [0.4, 0.5) is 60.5 Å². The first kappa shape index (κ1) is 42.6. The van der Waals surface area contributed by atoms with Crippen LogP contribution in [-0.4, -0.2) is 0 Å². The average Bonchev–Trinajstić information content (AvgIpc) is 4.02. The SMILES string of the molecule is CC1(C)c2cc3cc(N(c4ccc(C(F)(F)F)cc4)c4cccc5c4oc4ccccc45)ccc3cc2-c2ccc3cc(N(c4ccc(C(F)(F)F)cc4)c4cccc5c4oc4ccccc45)ccc3c21. The van der Waals surface area contributed by atoms with Gasteiger partial charge >= 0.3 is 12.4 Å². The molecule has 0 saturated carbocycles. The van der Waals surface area contributed by atoms with E-state index in [9.17, 15) is 26.3 Å². The van der Waals surface area contributed by atoms with Gasteiger partial charge in [-0.05, 0) is 153 Å². The lowest BCUT2D eigenvalue weighted by molar-refractivity contribution is -0.138. The molecule has 0 atom stereocenters. The average molecular weight is 945 g/mol. The van der Waals surface area contributed by atoms with Crippen LogP contribution in [0.15, 0.2) is 203 Å². The monoisotopic (exact) mass is 944 g/mol. The molecule has 0 unspecified atom stereocenters. The molecule has 0 spiro atoms. The van der Waals surface area contributed by atoms with Gasteiger partial charge in [-0.25, -0.2) is 0 Å². The second kappa shape index (κ2) is 15.2. The number of hydrogen-bond acceptors (Lipinski definition) is 4. The van der Waals surface area contributed by atoms with Gasteiger partial charge in [0.05, 0.1) is 22.5 Å². The van der Waals surface area contributed by atoms with Crippen LogP contribution in [0.25, 0.3) is 76.5 Å². The number of rotatable bonds is 6. The van der Waals surface area contributed by atoms with E-state index < -0.39 is 28.9 Å². The summed E-state index contributed by atoms with van der Waals surface area (Å²) >= 11 is 0. The van der Waals surface area contributed by atoms with E-state index in [0.29, 0.717) is 45.1 Å². The van der Waals surface area contributed by atoms with E-state index in [0.717, 1.165) is 101 Å². The topological polar surface area (TPSA) is 32.8 Å². The molecule has 0 bridgehead atoms. The molecule has 0 radical (unpaired) electrons. The summed E-state index contributed by atoms with van der Waals surface area (Å²) in [6.07, 6.45) is -8.99. The first-order valence-corrected chi connectivity index (χ1v) is 23.1. The number of nitrogens with zero attached hydrogens (tertiary/aromatic N) is 2. The summed E-state index contributed by atoms with van der Waals surface area (Å²) in [5.74, 6) is 0. The predicted octanol–water partition coefficient (Wildman–Crippen LogP) is 19.1. The third-order valence-electron chi connectivity index (χ3n) is 14.2. The first-order chi connectivity index (χ1) is 34.2. The summed E-state index contributed by atoms with van der Waals surface area (Å²) in [7, 11) is 0. The molecule has 0 fully saturated rings. The number of hydrogen-bond donors (Lipinski definition) is 0.